The summed E-state index contributed by atoms with van der Waals surface area (Å²) >= 11 is 0. The molecule has 4 nitrogen and oxygen atoms in total. The summed E-state index contributed by atoms with van der Waals surface area (Å²) in [5.74, 6) is -3.48. The predicted molar refractivity (Wildman–Crippen MR) is 70.5 cm³/mol. The van der Waals surface area contributed by atoms with Crippen LogP contribution in [0.25, 0.3) is 0 Å². The molecule has 1 rings (SSSR count). The molecule has 1 atom stereocenters. The van der Waals surface area contributed by atoms with E-state index < -0.39 is 41.3 Å². The van der Waals surface area contributed by atoms with Crippen molar-refractivity contribution in [2.45, 2.75) is 58.7 Å². The summed E-state index contributed by atoms with van der Waals surface area (Å²) in [6, 6.07) is -1.05. The highest BCUT2D eigenvalue weighted by atomic mass is 19.4. The van der Waals surface area contributed by atoms with E-state index in [4.69, 9.17) is 5.11 Å². The highest BCUT2D eigenvalue weighted by Crippen LogP contribution is 2.39. The number of carbonyl (C=O) groups is 2. The van der Waals surface area contributed by atoms with Gasteiger partial charge in [-0.15, -0.1) is 0 Å². The molecule has 0 spiro atoms. The Labute approximate surface area is 122 Å². The van der Waals surface area contributed by atoms with Crippen molar-refractivity contribution in [3.05, 3.63) is 0 Å². The molecule has 0 aromatic heterocycles. The molecule has 0 aliphatic heterocycles. The number of alkyl halides is 3. The second-order valence-electron chi connectivity index (χ2n) is 6.74. The molecule has 21 heavy (non-hydrogen) atoms. The minimum Gasteiger partial charge on any atom is -0.480 e. The molecule has 2 N–H and O–H groups in total. The summed E-state index contributed by atoms with van der Waals surface area (Å²) in [5, 5.41) is 11.6. The van der Waals surface area contributed by atoms with E-state index in [-0.39, 0.29) is 25.7 Å². The number of carboxylic acid groups (broad SMARTS) is 1. The fraction of sp³-hybridized carbons (Fsp3) is 0.857. The van der Waals surface area contributed by atoms with E-state index in [9.17, 15) is 22.8 Å². The van der Waals surface area contributed by atoms with E-state index in [0.717, 1.165) is 0 Å². The largest absolute Gasteiger partial charge is 0.480 e. The lowest BCUT2D eigenvalue weighted by molar-refractivity contribution is -0.184. The number of amides is 1. The smallest absolute Gasteiger partial charge is 0.391 e. The molecule has 1 unspecified atom stereocenters. The topological polar surface area (TPSA) is 66.4 Å². The van der Waals surface area contributed by atoms with Crippen LogP contribution in [0.3, 0.4) is 0 Å². The molecule has 0 aromatic rings. The summed E-state index contributed by atoms with van der Waals surface area (Å²) in [6.45, 7) is 5.06. The Morgan fingerprint density at radius 2 is 1.57 bits per heavy atom. The average molecular weight is 309 g/mol. The van der Waals surface area contributed by atoms with Gasteiger partial charge in [-0.25, -0.2) is 4.79 Å². The van der Waals surface area contributed by atoms with Crippen molar-refractivity contribution in [3.8, 4) is 0 Å². The maximum atomic E-state index is 12.6. The van der Waals surface area contributed by atoms with Crippen molar-refractivity contribution >= 4 is 11.9 Å². The summed E-state index contributed by atoms with van der Waals surface area (Å²) in [6.07, 6.45) is -4.07. The summed E-state index contributed by atoms with van der Waals surface area (Å²) < 4.78 is 37.7. The summed E-state index contributed by atoms with van der Waals surface area (Å²) in [4.78, 5) is 23.2. The van der Waals surface area contributed by atoms with Crippen LogP contribution in [0.1, 0.15) is 46.5 Å². The Morgan fingerprint density at radius 1 is 1.10 bits per heavy atom. The number of halogens is 3. The van der Waals surface area contributed by atoms with Gasteiger partial charge in [0.2, 0.25) is 5.91 Å². The highest BCUT2D eigenvalue weighted by Gasteiger charge is 2.43. The Balaban J connectivity index is 2.60. The fourth-order valence-electron chi connectivity index (χ4n) is 2.59. The Kier molecular flexibility index (Phi) is 5.28. The molecule has 0 bridgehead atoms. The van der Waals surface area contributed by atoms with Gasteiger partial charge in [0.15, 0.2) is 0 Å². The van der Waals surface area contributed by atoms with Crippen molar-refractivity contribution in [1.82, 2.24) is 5.32 Å². The highest BCUT2D eigenvalue weighted by molar-refractivity contribution is 5.85. The first-order valence-corrected chi connectivity index (χ1v) is 7.03. The number of carbonyl (C=O) groups excluding carboxylic acids is 1. The molecule has 0 saturated heterocycles. The zero-order chi connectivity index (χ0) is 16.4. The first kappa shape index (κ1) is 17.8. The quantitative estimate of drug-likeness (QED) is 0.842. The SMILES string of the molecule is CC(C)(C)C(NC(=O)C1CCC(C(F)(F)F)CC1)C(=O)O. The molecule has 7 heteroatoms. The van der Waals surface area contributed by atoms with Crippen LogP contribution >= 0.6 is 0 Å². The number of hydrogen-bond donors (Lipinski definition) is 2. The van der Waals surface area contributed by atoms with Crippen LogP contribution in [0.2, 0.25) is 0 Å². The molecule has 0 aromatic carbocycles. The monoisotopic (exact) mass is 309 g/mol. The van der Waals surface area contributed by atoms with Crippen LogP contribution < -0.4 is 5.32 Å². The maximum absolute atomic E-state index is 12.6. The molecule has 1 fully saturated rings. The van der Waals surface area contributed by atoms with Crippen molar-refractivity contribution in [2.24, 2.45) is 17.3 Å². The van der Waals surface area contributed by atoms with Crippen LogP contribution in [0.4, 0.5) is 13.2 Å². The predicted octanol–water partition coefficient (Wildman–Crippen LogP) is 2.97. The third-order valence-electron chi connectivity index (χ3n) is 3.96. The van der Waals surface area contributed by atoms with Crippen LogP contribution in [-0.2, 0) is 9.59 Å². The molecule has 1 amide bonds. The minimum absolute atomic E-state index is 0.0746. The second-order valence-corrected chi connectivity index (χ2v) is 6.74. The van der Waals surface area contributed by atoms with Crippen LogP contribution in [-0.4, -0.2) is 29.2 Å². The van der Waals surface area contributed by atoms with E-state index in [0.29, 0.717) is 0 Å². The van der Waals surface area contributed by atoms with Gasteiger partial charge >= 0.3 is 12.1 Å². The number of nitrogens with one attached hydrogen (secondary N) is 1. The first-order chi connectivity index (χ1) is 9.43. The molecular weight excluding hydrogens is 287 g/mol. The molecule has 0 heterocycles. The molecule has 1 saturated carbocycles. The second kappa shape index (κ2) is 6.23. The third-order valence-corrected chi connectivity index (χ3v) is 3.96. The van der Waals surface area contributed by atoms with Gasteiger partial charge in [0, 0.05) is 5.92 Å². The van der Waals surface area contributed by atoms with E-state index in [1.165, 1.54) is 0 Å². The Bertz CT molecular complexity index is 393. The summed E-state index contributed by atoms with van der Waals surface area (Å²) in [5.41, 5.74) is -0.662. The zero-order valence-corrected chi connectivity index (χ0v) is 12.5. The normalized spacial score (nSPS) is 25.2. The van der Waals surface area contributed by atoms with Gasteiger partial charge < -0.3 is 10.4 Å². The summed E-state index contributed by atoms with van der Waals surface area (Å²) in [7, 11) is 0. The van der Waals surface area contributed by atoms with E-state index in [1.807, 2.05) is 0 Å². The number of carboxylic acids is 1. The lowest BCUT2D eigenvalue weighted by Gasteiger charge is -2.32. The van der Waals surface area contributed by atoms with Gasteiger partial charge in [-0.05, 0) is 31.1 Å². The van der Waals surface area contributed by atoms with Crippen LogP contribution in [0.5, 0.6) is 0 Å². The standard InChI is InChI=1S/C14H22F3NO3/c1-13(2,3)10(12(20)21)18-11(19)8-4-6-9(7-5-8)14(15,16)17/h8-10H,4-7H2,1-3H3,(H,18,19)(H,20,21). The van der Waals surface area contributed by atoms with Gasteiger partial charge in [0.05, 0.1) is 5.92 Å². The van der Waals surface area contributed by atoms with Gasteiger partial charge in [-0.3, -0.25) is 4.79 Å². The minimum atomic E-state index is -4.21. The van der Waals surface area contributed by atoms with Gasteiger partial charge in [0.25, 0.3) is 0 Å². The van der Waals surface area contributed by atoms with Crippen molar-refractivity contribution in [1.29, 1.82) is 0 Å². The van der Waals surface area contributed by atoms with Gasteiger partial charge in [0.1, 0.15) is 6.04 Å². The number of aliphatic carboxylic acids is 1. The van der Waals surface area contributed by atoms with Crippen LogP contribution in [0, 0.1) is 17.3 Å². The molecule has 0 radical (unpaired) electrons. The van der Waals surface area contributed by atoms with Gasteiger partial charge in [-0.2, -0.15) is 13.2 Å². The maximum Gasteiger partial charge on any atom is 0.391 e. The van der Waals surface area contributed by atoms with E-state index >= 15 is 0 Å². The fourth-order valence-corrected chi connectivity index (χ4v) is 2.59. The first-order valence-electron chi connectivity index (χ1n) is 7.03. The Hall–Kier alpha value is -1.27. The average Bonchev–Trinajstić information content (AvgIpc) is 2.33. The zero-order valence-electron chi connectivity index (χ0n) is 12.5. The molecule has 1 aliphatic rings. The van der Waals surface area contributed by atoms with Gasteiger partial charge in [-0.1, -0.05) is 20.8 Å². The van der Waals surface area contributed by atoms with Crippen molar-refractivity contribution in [3.63, 3.8) is 0 Å². The third kappa shape index (κ3) is 4.89. The van der Waals surface area contributed by atoms with Crippen molar-refractivity contribution in [2.75, 3.05) is 0 Å². The van der Waals surface area contributed by atoms with E-state index in [2.05, 4.69) is 5.32 Å². The molecular formula is C14H22F3NO3. The molecule has 122 valence electrons. The Morgan fingerprint density at radius 3 is 1.90 bits per heavy atom. The number of hydrogen-bond acceptors (Lipinski definition) is 2. The van der Waals surface area contributed by atoms with E-state index in [1.54, 1.807) is 20.8 Å². The molecule has 1 aliphatic carbocycles. The van der Waals surface area contributed by atoms with Crippen molar-refractivity contribution < 1.29 is 27.9 Å². The lowest BCUT2D eigenvalue weighted by atomic mass is 9.80. The number of rotatable bonds is 3. The van der Waals surface area contributed by atoms with Crippen LogP contribution in [0.15, 0.2) is 0 Å². The lowest BCUT2D eigenvalue weighted by Crippen LogP contribution is -2.51.